The zero-order chi connectivity index (χ0) is 13.1. The molecule has 0 aliphatic carbocycles. The molecule has 0 atom stereocenters. The molecule has 0 radical (unpaired) electrons. The number of halogens is 1. The van der Waals surface area contributed by atoms with Crippen LogP contribution in [0.4, 0.5) is 5.69 Å². The van der Waals surface area contributed by atoms with Crippen molar-refractivity contribution in [1.29, 1.82) is 0 Å². The van der Waals surface area contributed by atoms with E-state index in [2.05, 4.69) is 24.9 Å². The topological polar surface area (TPSA) is 38.4 Å². The van der Waals surface area contributed by atoms with Gasteiger partial charge in [0.2, 0.25) is 0 Å². The van der Waals surface area contributed by atoms with Crippen LogP contribution in [0.5, 0.6) is 0 Å². The molecule has 2 aromatic carbocycles. The van der Waals surface area contributed by atoms with E-state index in [1.54, 1.807) is 0 Å². The minimum atomic E-state index is 0. The maximum Gasteiger partial charge on any atom is 0.131 e. The number of benzene rings is 2. The second-order valence-electron chi connectivity index (χ2n) is 4.53. The van der Waals surface area contributed by atoms with E-state index in [1.807, 2.05) is 43.3 Å². The van der Waals surface area contributed by atoms with Gasteiger partial charge in [-0.25, -0.2) is 4.99 Å². The molecule has 0 aliphatic heterocycles. The van der Waals surface area contributed by atoms with Gasteiger partial charge in [-0.2, -0.15) is 0 Å². The summed E-state index contributed by atoms with van der Waals surface area (Å²) in [5.41, 5.74) is 11.6. The first kappa shape index (κ1) is 15.3. The molecule has 3 heteroatoms. The summed E-state index contributed by atoms with van der Waals surface area (Å²) in [7, 11) is 0. The molecule has 19 heavy (non-hydrogen) atoms. The largest absolute Gasteiger partial charge is 0.383 e. The summed E-state index contributed by atoms with van der Waals surface area (Å²) in [6.45, 7) is 6.19. The molecule has 0 spiro atoms. The first-order chi connectivity index (χ1) is 8.59. The van der Waals surface area contributed by atoms with Crippen LogP contribution in [-0.4, -0.2) is 5.84 Å². The number of hydrogen-bond acceptors (Lipinski definition) is 1. The Morgan fingerprint density at radius 1 is 0.895 bits per heavy atom. The molecule has 2 rings (SSSR count). The summed E-state index contributed by atoms with van der Waals surface area (Å²) < 4.78 is 0. The predicted octanol–water partition coefficient (Wildman–Crippen LogP) is 4.07. The molecule has 0 heterocycles. The van der Waals surface area contributed by atoms with Gasteiger partial charge in [-0.15, -0.1) is 12.4 Å². The Bertz CT molecular complexity index is 603. The Hall–Kier alpha value is -1.80. The van der Waals surface area contributed by atoms with Crippen LogP contribution in [0.25, 0.3) is 0 Å². The molecule has 0 bridgehead atoms. The Morgan fingerprint density at radius 3 is 2.21 bits per heavy atom. The lowest BCUT2D eigenvalue weighted by Gasteiger charge is -2.07. The molecule has 0 aliphatic rings. The lowest BCUT2D eigenvalue weighted by Crippen LogP contribution is -2.14. The minimum absolute atomic E-state index is 0. The molecule has 0 saturated heterocycles. The summed E-state index contributed by atoms with van der Waals surface area (Å²) in [5, 5.41) is 0. The van der Waals surface area contributed by atoms with E-state index in [1.165, 1.54) is 11.1 Å². The van der Waals surface area contributed by atoms with Crippen molar-refractivity contribution >= 4 is 23.9 Å². The molecule has 0 aromatic heterocycles. The van der Waals surface area contributed by atoms with E-state index in [0.29, 0.717) is 5.84 Å². The van der Waals surface area contributed by atoms with Gasteiger partial charge in [0, 0.05) is 5.56 Å². The van der Waals surface area contributed by atoms with E-state index in [9.17, 15) is 0 Å². The zero-order valence-corrected chi connectivity index (χ0v) is 12.3. The van der Waals surface area contributed by atoms with Crippen LogP contribution in [0.1, 0.15) is 22.3 Å². The van der Waals surface area contributed by atoms with Crippen molar-refractivity contribution in [3.05, 3.63) is 64.7 Å². The smallest absolute Gasteiger partial charge is 0.131 e. The van der Waals surface area contributed by atoms with E-state index in [-0.39, 0.29) is 12.4 Å². The Labute approximate surface area is 120 Å². The molecule has 0 amide bonds. The second kappa shape index (κ2) is 6.39. The van der Waals surface area contributed by atoms with Crippen molar-refractivity contribution in [2.24, 2.45) is 10.7 Å². The van der Waals surface area contributed by atoms with Crippen molar-refractivity contribution in [2.75, 3.05) is 0 Å². The SMILES string of the molecule is Cc1ccccc1C(N)=Nc1cccc(C)c1C.Cl. The molecule has 0 saturated carbocycles. The van der Waals surface area contributed by atoms with Gasteiger partial charge < -0.3 is 5.73 Å². The van der Waals surface area contributed by atoms with Crippen molar-refractivity contribution in [3.8, 4) is 0 Å². The second-order valence-corrected chi connectivity index (χ2v) is 4.53. The number of amidine groups is 1. The van der Waals surface area contributed by atoms with Gasteiger partial charge in [0.1, 0.15) is 5.84 Å². The summed E-state index contributed by atoms with van der Waals surface area (Å²) >= 11 is 0. The van der Waals surface area contributed by atoms with Gasteiger partial charge in [0.15, 0.2) is 0 Å². The fourth-order valence-electron chi connectivity index (χ4n) is 1.91. The van der Waals surface area contributed by atoms with Crippen LogP contribution in [0.3, 0.4) is 0 Å². The number of nitrogens with zero attached hydrogens (tertiary/aromatic N) is 1. The average molecular weight is 275 g/mol. The predicted molar refractivity (Wildman–Crippen MR) is 84.7 cm³/mol. The van der Waals surface area contributed by atoms with Crippen molar-refractivity contribution in [1.82, 2.24) is 0 Å². The number of aryl methyl sites for hydroxylation is 2. The van der Waals surface area contributed by atoms with E-state index in [0.717, 1.165) is 16.8 Å². The average Bonchev–Trinajstić information content (AvgIpc) is 2.35. The lowest BCUT2D eigenvalue weighted by atomic mass is 10.1. The number of aliphatic imine (C=N–C) groups is 1. The van der Waals surface area contributed by atoms with E-state index in [4.69, 9.17) is 5.73 Å². The number of nitrogens with two attached hydrogens (primary N) is 1. The zero-order valence-electron chi connectivity index (χ0n) is 11.5. The van der Waals surface area contributed by atoms with Gasteiger partial charge in [0.25, 0.3) is 0 Å². The van der Waals surface area contributed by atoms with Crippen LogP contribution in [0.15, 0.2) is 47.5 Å². The van der Waals surface area contributed by atoms with Gasteiger partial charge in [-0.1, -0.05) is 36.4 Å². The van der Waals surface area contributed by atoms with Crippen LogP contribution in [0.2, 0.25) is 0 Å². The van der Waals surface area contributed by atoms with Crippen molar-refractivity contribution in [2.45, 2.75) is 20.8 Å². The quantitative estimate of drug-likeness (QED) is 0.651. The fourth-order valence-corrected chi connectivity index (χ4v) is 1.91. The number of hydrogen-bond donors (Lipinski definition) is 1. The highest BCUT2D eigenvalue weighted by Crippen LogP contribution is 2.22. The van der Waals surface area contributed by atoms with Crippen LogP contribution >= 0.6 is 12.4 Å². The Balaban J connectivity index is 0.00000180. The van der Waals surface area contributed by atoms with E-state index < -0.39 is 0 Å². The first-order valence-electron chi connectivity index (χ1n) is 6.06. The van der Waals surface area contributed by atoms with E-state index >= 15 is 0 Å². The van der Waals surface area contributed by atoms with Crippen LogP contribution < -0.4 is 5.73 Å². The van der Waals surface area contributed by atoms with Gasteiger partial charge in [-0.3, -0.25) is 0 Å². The normalized spacial score (nSPS) is 11.0. The Kier molecular flexibility index (Phi) is 5.13. The highest BCUT2D eigenvalue weighted by Gasteiger charge is 2.04. The van der Waals surface area contributed by atoms with Crippen molar-refractivity contribution in [3.63, 3.8) is 0 Å². The molecular formula is C16H19ClN2. The lowest BCUT2D eigenvalue weighted by molar-refractivity contribution is 1.30. The summed E-state index contributed by atoms with van der Waals surface area (Å²) in [4.78, 5) is 4.54. The van der Waals surface area contributed by atoms with Crippen molar-refractivity contribution < 1.29 is 0 Å². The molecule has 2 N–H and O–H groups in total. The molecular weight excluding hydrogens is 256 g/mol. The maximum atomic E-state index is 6.10. The minimum Gasteiger partial charge on any atom is -0.383 e. The summed E-state index contributed by atoms with van der Waals surface area (Å²) in [6.07, 6.45) is 0. The molecule has 2 aromatic rings. The highest BCUT2D eigenvalue weighted by atomic mass is 35.5. The van der Waals surface area contributed by atoms with Gasteiger partial charge in [0.05, 0.1) is 5.69 Å². The monoisotopic (exact) mass is 274 g/mol. The third kappa shape index (κ3) is 3.36. The van der Waals surface area contributed by atoms with Crippen LogP contribution in [0, 0.1) is 20.8 Å². The Morgan fingerprint density at radius 2 is 1.53 bits per heavy atom. The fraction of sp³-hybridized carbons (Fsp3) is 0.188. The molecule has 100 valence electrons. The molecule has 2 nitrogen and oxygen atoms in total. The summed E-state index contributed by atoms with van der Waals surface area (Å²) in [6, 6.07) is 14.1. The standard InChI is InChI=1S/C16H18N2.ClH/c1-11-8-6-10-15(13(11)3)18-16(17)14-9-5-4-7-12(14)2;/h4-10H,1-3H3,(H2,17,18);1H. The third-order valence-corrected chi connectivity index (χ3v) is 3.24. The third-order valence-electron chi connectivity index (χ3n) is 3.24. The molecule has 0 unspecified atom stereocenters. The summed E-state index contributed by atoms with van der Waals surface area (Å²) in [5.74, 6) is 0.571. The van der Waals surface area contributed by atoms with Crippen LogP contribution in [-0.2, 0) is 0 Å². The molecule has 0 fully saturated rings. The number of rotatable bonds is 2. The van der Waals surface area contributed by atoms with Gasteiger partial charge >= 0.3 is 0 Å². The first-order valence-corrected chi connectivity index (χ1v) is 6.06. The highest BCUT2D eigenvalue weighted by molar-refractivity contribution is 6.00. The van der Waals surface area contributed by atoms with Gasteiger partial charge in [-0.05, 0) is 43.5 Å². The maximum absolute atomic E-state index is 6.10.